The first-order valence-electron chi connectivity index (χ1n) is 5.60. The van der Waals surface area contributed by atoms with E-state index in [1.807, 2.05) is 18.2 Å². The van der Waals surface area contributed by atoms with Gasteiger partial charge in [0.2, 0.25) is 0 Å². The van der Waals surface area contributed by atoms with E-state index in [1.165, 1.54) is 6.21 Å². The van der Waals surface area contributed by atoms with E-state index in [9.17, 15) is 4.79 Å². The molecule has 104 valence electrons. The molecule has 0 radical (unpaired) electrons. The third kappa shape index (κ3) is 4.50. The van der Waals surface area contributed by atoms with Gasteiger partial charge in [-0.2, -0.15) is 5.10 Å². The summed E-state index contributed by atoms with van der Waals surface area (Å²) in [6, 6.07) is 10.7. The van der Waals surface area contributed by atoms with Gasteiger partial charge in [-0.3, -0.25) is 4.79 Å². The van der Waals surface area contributed by atoms with E-state index in [4.69, 9.17) is 9.15 Å². The second-order valence-corrected chi connectivity index (χ2v) is 5.29. The molecule has 0 atom stereocenters. The summed E-state index contributed by atoms with van der Waals surface area (Å²) in [6.07, 6.45) is 1.40. The highest BCUT2D eigenvalue weighted by molar-refractivity contribution is 9.10. The SMILES string of the molecule is O=C(COc1ccccc1Br)NN=Cc1ccc(Br)o1. The smallest absolute Gasteiger partial charge is 0.277 e. The number of amides is 1. The van der Waals surface area contributed by atoms with Crippen LogP contribution in [0.2, 0.25) is 0 Å². The Bertz CT molecular complexity index is 626. The van der Waals surface area contributed by atoms with Gasteiger partial charge in [-0.05, 0) is 56.1 Å². The normalized spacial score (nSPS) is 10.7. The van der Waals surface area contributed by atoms with Crippen molar-refractivity contribution < 1.29 is 13.9 Å². The second kappa shape index (κ2) is 7.25. The highest BCUT2D eigenvalue weighted by Crippen LogP contribution is 2.23. The number of ether oxygens (including phenoxy) is 1. The quantitative estimate of drug-likeness (QED) is 0.617. The predicted octanol–water partition coefficient (Wildman–Crippen LogP) is 3.33. The molecule has 1 aromatic heterocycles. The molecule has 1 aromatic carbocycles. The number of furan rings is 1. The third-order valence-corrected chi connectivity index (χ3v) is 3.25. The molecule has 0 saturated carbocycles. The van der Waals surface area contributed by atoms with Crippen molar-refractivity contribution in [2.75, 3.05) is 6.61 Å². The summed E-state index contributed by atoms with van der Waals surface area (Å²) in [5.41, 5.74) is 2.35. The molecule has 2 aromatic rings. The molecule has 0 aliphatic heterocycles. The van der Waals surface area contributed by atoms with Gasteiger partial charge in [-0.25, -0.2) is 5.43 Å². The minimum Gasteiger partial charge on any atom is -0.483 e. The molecule has 0 unspecified atom stereocenters. The number of nitrogens with zero attached hydrogens (tertiary/aromatic N) is 1. The molecule has 0 aliphatic rings. The summed E-state index contributed by atoms with van der Waals surface area (Å²) in [4.78, 5) is 11.5. The summed E-state index contributed by atoms with van der Waals surface area (Å²) < 4.78 is 11.9. The summed E-state index contributed by atoms with van der Waals surface area (Å²) in [5, 5.41) is 3.76. The van der Waals surface area contributed by atoms with Gasteiger partial charge in [0, 0.05) is 0 Å². The van der Waals surface area contributed by atoms with Crippen LogP contribution in [0.25, 0.3) is 0 Å². The largest absolute Gasteiger partial charge is 0.483 e. The van der Waals surface area contributed by atoms with Crippen LogP contribution < -0.4 is 10.2 Å². The van der Waals surface area contributed by atoms with Gasteiger partial charge in [0.1, 0.15) is 11.5 Å². The maximum atomic E-state index is 11.5. The van der Waals surface area contributed by atoms with E-state index >= 15 is 0 Å². The van der Waals surface area contributed by atoms with E-state index in [0.29, 0.717) is 16.2 Å². The number of hydrogen-bond donors (Lipinski definition) is 1. The molecule has 1 amide bonds. The highest BCUT2D eigenvalue weighted by Gasteiger charge is 2.04. The molecule has 0 bridgehead atoms. The molecule has 1 heterocycles. The van der Waals surface area contributed by atoms with Gasteiger partial charge in [-0.15, -0.1) is 0 Å². The molecule has 0 fully saturated rings. The maximum Gasteiger partial charge on any atom is 0.277 e. The Morgan fingerprint density at radius 1 is 1.30 bits per heavy atom. The minimum absolute atomic E-state index is 0.123. The highest BCUT2D eigenvalue weighted by atomic mass is 79.9. The second-order valence-electron chi connectivity index (χ2n) is 3.65. The van der Waals surface area contributed by atoms with Crippen LogP contribution in [-0.2, 0) is 4.79 Å². The Balaban J connectivity index is 1.78. The molecule has 0 aliphatic carbocycles. The summed E-state index contributed by atoms with van der Waals surface area (Å²) in [7, 11) is 0. The van der Waals surface area contributed by atoms with Crippen LogP contribution in [0, 0.1) is 0 Å². The average molecular weight is 402 g/mol. The first-order valence-corrected chi connectivity index (χ1v) is 7.18. The molecular weight excluding hydrogens is 392 g/mol. The molecule has 2 rings (SSSR count). The lowest BCUT2D eigenvalue weighted by molar-refractivity contribution is -0.123. The molecule has 0 spiro atoms. The zero-order valence-electron chi connectivity index (χ0n) is 10.2. The monoisotopic (exact) mass is 400 g/mol. The van der Waals surface area contributed by atoms with Crippen LogP contribution in [0.1, 0.15) is 5.76 Å². The number of hydrogen-bond acceptors (Lipinski definition) is 4. The van der Waals surface area contributed by atoms with Crippen molar-refractivity contribution in [2.24, 2.45) is 5.10 Å². The number of hydrazone groups is 1. The number of benzene rings is 1. The maximum absolute atomic E-state index is 11.5. The van der Waals surface area contributed by atoms with Crippen molar-refractivity contribution in [1.29, 1.82) is 0 Å². The Kier molecular flexibility index (Phi) is 5.37. The van der Waals surface area contributed by atoms with Crippen LogP contribution in [0.3, 0.4) is 0 Å². The van der Waals surface area contributed by atoms with Crippen LogP contribution in [0.15, 0.2) is 55.1 Å². The fourth-order valence-electron chi connectivity index (χ4n) is 1.30. The van der Waals surface area contributed by atoms with E-state index in [1.54, 1.807) is 18.2 Å². The standard InChI is InChI=1S/C13H10Br2N2O3/c14-10-3-1-2-4-11(10)19-8-13(18)17-16-7-9-5-6-12(15)20-9/h1-7H,8H2,(H,17,18). The number of carbonyl (C=O) groups is 1. The molecule has 1 N–H and O–H groups in total. The van der Waals surface area contributed by atoms with Gasteiger partial charge >= 0.3 is 0 Å². The summed E-state index contributed by atoms with van der Waals surface area (Å²) in [6.45, 7) is -0.123. The Morgan fingerprint density at radius 3 is 2.80 bits per heavy atom. The lowest BCUT2D eigenvalue weighted by atomic mass is 10.3. The van der Waals surface area contributed by atoms with Crippen LogP contribution in [-0.4, -0.2) is 18.7 Å². The summed E-state index contributed by atoms with van der Waals surface area (Å²) in [5.74, 6) is 0.771. The van der Waals surface area contributed by atoms with E-state index < -0.39 is 0 Å². The third-order valence-electron chi connectivity index (χ3n) is 2.17. The number of nitrogens with one attached hydrogen (secondary N) is 1. The van der Waals surface area contributed by atoms with Crippen molar-refractivity contribution in [3.05, 3.63) is 51.3 Å². The Morgan fingerprint density at radius 2 is 2.10 bits per heavy atom. The van der Waals surface area contributed by atoms with Crippen molar-refractivity contribution >= 4 is 44.0 Å². The first kappa shape index (κ1) is 14.8. The predicted molar refractivity (Wildman–Crippen MR) is 81.8 cm³/mol. The van der Waals surface area contributed by atoms with Crippen molar-refractivity contribution in [1.82, 2.24) is 5.43 Å². The zero-order chi connectivity index (χ0) is 14.4. The Labute approximate surface area is 132 Å². The van der Waals surface area contributed by atoms with Gasteiger partial charge < -0.3 is 9.15 Å². The number of halogens is 2. The molecule has 20 heavy (non-hydrogen) atoms. The number of rotatable bonds is 5. The minimum atomic E-state index is -0.359. The van der Waals surface area contributed by atoms with Gasteiger partial charge in [0.15, 0.2) is 11.3 Å². The fraction of sp³-hybridized carbons (Fsp3) is 0.0769. The molecule has 5 nitrogen and oxygen atoms in total. The van der Waals surface area contributed by atoms with Gasteiger partial charge in [-0.1, -0.05) is 12.1 Å². The van der Waals surface area contributed by atoms with Crippen LogP contribution >= 0.6 is 31.9 Å². The molecular formula is C13H10Br2N2O3. The Hall–Kier alpha value is -1.60. The average Bonchev–Trinajstić information content (AvgIpc) is 2.83. The number of para-hydroxylation sites is 1. The molecule has 0 saturated heterocycles. The summed E-state index contributed by atoms with van der Waals surface area (Å²) >= 11 is 6.50. The van der Waals surface area contributed by atoms with Crippen LogP contribution in [0.5, 0.6) is 5.75 Å². The first-order chi connectivity index (χ1) is 9.65. The van der Waals surface area contributed by atoms with Crippen LogP contribution in [0.4, 0.5) is 0 Å². The zero-order valence-corrected chi connectivity index (χ0v) is 13.3. The van der Waals surface area contributed by atoms with E-state index in [2.05, 4.69) is 42.4 Å². The van der Waals surface area contributed by atoms with E-state index in [0.717, 1.165) is 4.47 Å². The fourth-order valence-corrected chi connectivity index (χ4v) is 2.02. The van der Waals surface area contributed by atoms with E-state index in [-0.39, 0.29) is 12.5 Å². The lowest BCUT2D eigenvalue weighted by Crippen LogP contribution is -2.24. The van der Waals surface area contributed by atoms with Crippen molar-refractivity contribution in [2.45, 2.75) is 0 Å². The van der Waals surface area contributed by atoms with Gasteiger partial charge in [0.25, 0.3) is 5.91 Å². The molecule has 7 heteroatoms. The number of carbonyl (C=O) groups excluding carboxylic acids is 1. The van der Waals surface area contributed by atoms with Crippen molar-refractivity contribution in [3.8, 4) is 5.75 Å². The van der Waals surface area contributed by atoms with Crippen molar-refractivity contribution in [3.63, 3.8) is 0 Å². The topological polar surface area (TPSA) is 63.8 Å². The van der Waals surface area contributed by atoms with Gasteiger partial charge in [0.05, 0.1) is 10.7 Å². The lowest BCUT2D eigenvalue weighted by Gasteiger charge is -2.06.